The maximum atomic E-state index is 10.5. The van der Waals surface area contributed by atoms with Crippen LogP contribution < -0.4 is 0 Å². The Bertz CT molecular complexity index is 707. The van der Waals surface area contributed by atoms with Crippen LogP contribution in [0.5, 0.6) is 0 Å². The quantitative estimate of drug-likeness (QED) is 0.787. The fourth-order valence-electron chi connectivity index (χ4n) is 2.07. The summed E-state index contributed by atoms with van der Waals surface area (Å²) in [6.07, 6.45) is 4.39. The number of aliphatic hydroxyl groups excluding tert-OH is 1. The van der Waals surface area contributed by atoms with Gasteiger partial charge in [-0.3, -0.25) is 9.97 Å². The number of halogens is 1. The minimum Gasteiger partial charge on any atom is -0.382 e. The molecule has 0 fully saturated rings. The number of hydrogen-bond acceptors (Lipinski definition) is 3. The summed E-state index contributed by atoms with van der Waals surface area (Å²) in [5.74, 6) is 0. The molecule has 0 bridgehead atoms. The Kier molecular flexibility index (Phi) is 3.27. The van der Waals surface area contributed by atoms with Gasteiger partial charge in [0.05, 0.1) is 5.69 Å². The monoisotopic (exact) mass is 314 g/mol. The van der Waals surface area contributed by atoms with Crippen LogP contribution in [0.2, 0.25) is 0 Å². The van der Waals surface area contributed by atoms with E-state index >= 15 is 0 Å². The van der Waals surface area contributed by atoms with Crippen molar-refractivity contribution in [2.75, 3.05) is 0 Å². The van der Waals surface area contributed by atoms with Gasteiger partial charge < -0.3 is 5.11 Å². The molecule has 3 nitrogen and oxygen atoms in total. The van der Waals surface area contributed by atoms with Crippen LogP contribution in [0.25, 0.3) is 10.8 Å². The number of hydrogen-bond donors (Lipinski definition) is 1. The fraction of sp³-hybridized carbons (Fsp3) is 0.0667. The highest BCUT2D eigenvalue weighted by Crippen LogP contribution is 2.27. The second-order valence-corrected chi connectivity index (χ2v) is 5.17. The lowest BCUT2D eigenvalue weighted by Crippen LogP contribution is -2.03. The van der Waals surface area contributed by atoms with Gasteiger partial charge in [-0.05, 0) is 33.4 Å². The topological polar surface area (TPSA) is 46.0 Å². The average Bonchev–Trinajstić information content (AvgIpc) is 2.47. The summed E-state index contributed by atoms with van der Waals surface area (Å²) in [6, 6.07) is 11.5. The molecule has 94 valence electrons. The molecular formula is C15H11BrN2O. The highest BCUT2D eigenvalue weighted by atomic mass is 79.9. The molecule has 2 aromatic heterocycles. The maximum Gasteiger partial charge on any atom is 0.123 e. The lowest BCUT2D eigenvalue weighted by molar-refractivity contribution is 0.216. The molecule has 1 atom stereocenters. The molecule has 0 aliphatic heterocycles. The first-order valence-corrected chi connectivity index (χ1v) is 6.67. The number of pyridine rings is 2. The van der Waals surface area contributed by atoms with E-state index < -0.39 is 6.10 Å². The molecule has 3 rings (SSSR count). The van der Waals surface area contributed by atoms with Gasteiger partial charge in [0.1, 0.15) is 6.10 Å². The van der Waals surface area contributed by atoms with E-state index in [0.29, 0.717) is 5.69 Å². The zero-order valence-electron chi connectivity index (χ0n) is 9.99. The Balaban J connectivity index is 2.11. The van der Waals surface area contributed by atoms with Crippen molar-refractivity contribution in [1.82, 2.24) is 9.97 Å². The largest absolute Gasteiger partial charge is 0.382 e. The van der Waals surface area contributed by atoms with Crippen LogP contribution in [0, 0.1) is 0 Å². The molecular weight excluding hydrogens is 304 g/mol. The van der Waals surface area contributed by atoms with Crippen LogP contribution in [0.4, 0.5) is 0 Å². The van der Waals surface area contributed by atoms with Crippen LogP contribution in [0.3, 0.4) is 0 Å². The van der Waals surface area contributed by atoms with Gasteiger partial charge in [-0.25, -0.2) is 0 Å². The molecule has 0 spiro atoms. The summed E-state index contributed by atoms with van der Waals surface area (Å²) in [5, 5.41) is 12.5. The van der Waals surface area contributed by atoms with Crippen molar-refractivity contribution in [2.24, 2.45) is 0 Å². The van der Waals surface area contributed by atoms with Crippen molar-refractivity contribution in [2.45, 2.75) is 6.10 Å². The molecule has 4 heteroatoms. The summed E-state index contributed by atoms with van der Waals surface area (Å²) in [5.41, 5.74) is 1.38. The van der Waals surface area contributed by atoms with Gasteiger partial charge in [-0.15, -0.1) is 0 Å². The van der Waals surface area contributed by atoms with Gasteiger partial charge in [-0.1, -0.05) is 24.3 Å². The van der Waals surface area contributed by atoms with Gasteiger partial charge in [0.15, 0.2) is 0 Å². The lowest BCUT2D eigenvalue weighted by atomic mass is 10.0. The van der Waals surface area contributed by atoms with Crippen molar-refractivity contribution in [1.29, 1.82) is 0 Å². The third kappa shape index (κ3) is 2.37. The van der Waals surface area contributed by atoms with Gasteiger partial charge in [-0.2, -0.15) is 0 Å². The highest BCUT2D eigenvalue weighted by molar-refractivity contribution is 9.10. The molecule has 3 aromatic rings. The Morgan fingerprint density at radius 3 is 2.63 bits per heavy atom. The molecule has 2 heterocycles. The van der Waals surface area contributed by atoms with E-state index in [1.807, 2.05) is 30.3 Å². The smallest absolute Gasteiger partial charge is 0.123 e. The Morgan fingerprint density at radius 1 is 1.00 bits per heavy atom. The standard InChI is InChI=1S/C15H11BrN2O/c16-11-5-6-14(18-8-11)15(19)13-9-17-7-10-3-1-2-4-12(10)13/h1-9,15,19H. The Hall–Kier alpha value is -1.78. The molecule has 1 unspecified atom stereocenters. The zero-order valence-corrected chi connectivity index (χ0v) is 11.6. The summed E-state index contributed by atoms with van der Waals surface area (Å²) in [7, 11) is 0. The molecule has 0 aliphatic rings. The van der Waals surface area contributed by atoms with E-state index in [0.717, 1.165) is 20.8 Å². The molecule has 0 saturated heterocycles. The van der Waals surface area contributed by atoms with Crippen molar-refractivity contribution in [3.8, 4) is 0 Å². The fourth-order valence-corrected chi connectivity index (χ4v) is 2.30. The molecule has 0 saturated carbocycles. The predicted octanol–water partition coefficient (Wildman–Crippen LogP) is 3.47. The van der Waals surface area contributed by atoms with Crippen molar-refractivity contribution < 1.29 is 5.11 Å². The second kappa shape index (κ2) is 5.07. The Labute approximate surface area is 119 Å². The maximum absolute atomic E-state index is 10.5. The first-order chi connectivity index (χ1) is 9.25. The van der Waals surface area contributed by atoms with Crippen molar-refractivity contribution >= 4 is 26.7 Å². The molecule has 1 N–H and O–H groups in total. The first kappa shape index (κ1) is 12.3. The number of aliphatic hydroxyl groups is 1. The van der Waals surface area contributed by atoms with Gasteiger partial charge in [0.25, 0.3) is 0 Å². The number of benzene rings is 1. The van der Waals surface area contributed by atoms with Gasteiger partial charge >= 0.3 is 0 Å². The van der Waals surface area contributed by atoms with Crippen molar-refractivity contribution in [3.05, 3.63) is 70.7 Å². The van der Waals surface area contributed by atoms with E-state index in [-0.39, 0.29) is 0 Å². The summed E-state index contributed by atoms with van der Waals surface area (Å²) >= 11 is 3.33. The Morgan fingerprint density at radius 2 is 1.84 bits per heavy atom. The molecule has 0 amide bonds. The lowest BCUT2D eigenvalue weighted by Gasteiger charge is -2.12. The molecule has 0 aliphatic carbocycles. The van der Waals surface area contributed by atoms with Gasteiger partial charge in [0.2, 0.25) is 0 Å². The summed E-state index contributed by atoms with van der Waals surface area (Å²) in [4.78, 5) is 8.42. The zero-order chi connectivity index (χ0) is 13.2. The van der Waals surface area contributed by atoms with Crippen LogP contribution in [0.15, 0.2) is 59.5 Å². The van der Waals surface area contributed by atoms with Crippen molar-refractivity contribution in [3.63, 3.8) is 0 Å². The minimum atomic E-state index is -0.772. The second-order valence-electron chi connectivity index (χ2n) is 4.25. The number of rotatable bonds is 2. The normalized spacial score (nSPS) is 12.5. The number of fused-ring (bicyclic) bond motifs is 1. The highest BCUT2D eigenvalue weighted by Gasteiger charge is 2.14. The van der Waals surface area contributed by atoms with Crippen LogP contribution in [-0.4, -0.2) is 15.1 Å². The van der Waals surface area contributed by atoms with Crippen LogP contribution in [0.1, 0.15) is 17.4 Å². The third-order valence-corrected chi connectivity index (χ3v) is 3.49. The van der Waals surface area contributed by atoms with Crippen LogP contribution in [-0.2, 0) is 0 Å². The minimum absolute atomic E-state index is 0.612. The molecule has 1 aromatic carbocycles. The van der Waals surface area contributed by atoms with E-state index in [4.69, 9.17) is 0 Å². The molecule has 19 heavy (non-hydrogen) atoms. The first-order valence-electron chi connectivity index (χ1n) is 5.88. The SMILES string of the molecule is OC(c1ccc(Br)cn1)c1cncc2ccccc12. The number of nitrogens with zero attached hydrogens (tertiary/aromatic N) is 2. The van der Waals surface area contributed by atoms with E-state index in [9.17, 15) is 5.11 Å². The van der Waals surface area contributed by atoms with E-state index in [1.165, 1.54) is 0 Å². The third-order valence-electron chi connectivity index (χ3n) is 3.02. The number of aromatic nitrogens is 2. The summed E-state index contributed by atoms with van der Waals surface area (Å²) < 4.78 is 0.888. The van der Waals surface area contributed by atoms with Crippen LogP contribution >= 0.6 is 15.9 Å². The summed E-state index contributed by atoms with van der Waals surface area (Å²) in [6.45, 7) is 0. The van der Waals surface area contributed by atoms with E-state index in [1.54, 1.807) is 24.7 Å². The van der Waals surface area contributed by atoms with Gasteiger partial charge in [0, 0.05) is 34.0 Å². The predicted molar refractivity (Wildman–Crippen MR) is 77.7 cm³/mol. The van der Waals surface area contributed by atoms with E-state index in [2.05, 4.69) is 25.9 Å². The molecule has 0 radical (unpaired) electrons. The average molecular weight is 315 g/mol.